The topological polar surface area (TPSA) is 105 Å². The predicted octanol–water partition coefficient (Wildman–Crippen LogP) is 2.77. The first-order valence-electron chi connectivity index (χ1n) is 9.02. The number of aryl methyl sites for hydroxylation is 2. The largest absolute Gasteiger partial charge is 0.496 e. The average molecular weight is 376 g/mol. The van der Waals surface area contributed by atoms with Gasteiger partial charge in [0.2, 0.25) is 5.95 Å². The molecule has 0 radical (unpaired) electrons. The van der Waals surface area contributed by atoms with Gasteiger partial charge in [-0.1, -0.05) is 18.8 Å². The molecule has 7 heteroatoms. The summed E-state index contributed by atoms with van der Waals surface area (Å²) in [5.41, 5.74) is 16.1. The van der Waals surface area contributed by atoms with Crippen LogP contribution in [0, 0.1) is 11.8 Å². The minimum Gasteiger partial charge on any atom is -0.496 e. The van der Waals surface area contributed by atoms with E-state index in [4.69, 9.17) is 16.2 Å². The Morgan fingerprint density at radius 2 is 2.04 bits per heavy atom. The molecule has 1 unspecified atom stereocenters. The molecule has 3 aromatic rings. The molecule has 0 amide bonds. The fourth-order valence-electron chi connectivity index (χ4n) is 3.06. The second kappa shape index (κ2) is 8.01. The molecule has 0 fully saturated rings. The van der Waals surface area contributed by atoms with Crippen LogP contribution in [0.2, 0.25) is 0 Å². The number of nitrogens with zero attached hydrogens (tertiary/aromatic N) is 4. The molecule has 1 aromatic carbocycles. The minimum atomic E-state index is -0.0928. The van der Waals surface area contributed by atoms with Crippen molar-refractivity contribution in [2.45, 2.75) is 26.2 Å². The van der Waals surface area contributed by atoms with Gasteiger partial charge in [0.15, 0.2) is 0 Å². The van der Waals surface area contributed by atoms with Gasteiger partial charge in [-0.15, -0.1) is 0 Å². The van der Waals surface area contributed by atoms with Crippen molar-refractivity contribution in [2.75, 3.05) is 18.6 Å². The Bertz CT molecular complexity index is 1060. The summed E-state index contributed by atoms with van der Waals surface area (Å²) in [6.45, 7) is 4.01. The van der Waals surface area contributed by atoms with Crippen molar-refractivity contribution in [1.29, 1.82) is 0 Å². The monoisotopic (exact) mass is 376 g/mol. The van der Waals surface area contributed by atoms with Crippen LogP contribution in [0.15, 0.2) is 30.7 Å². The zero-order valence-electron chi connectivity index (χ0n) is 16.5. The molecule has 0 aliphatic carbocycles. The summed E-state index contributed by atoms with van der Waals surface area (Å²) >= 11 is 0. The Kier molecular flexibility index (Phi) is 5.50. The Morgan fingerprint density at radius 3 is 2.68 bits per heavy atom. The second-order valence-corrected chi connectivity index (χ2v) is 6.48. The number of anilines is 2. The molecular weight excluding hydrogens is 352 g/mol. The number of methoxy groups -OCH3 is 1. The number of rotatable bonds is 4. The molecule has 0 bridgehead atoms. The Hall–Kier alpha value is -3.53. The summed E-state index contributed by atoms with van der Waals surface area (Å²) in [6, 6.07) is 6.05. The van der Waals surface area contributed by atoms with E-state index in [1.807, 2.05) is 43.8 Å². The van der Waals surface area contributed by atoms with Gasteiger partial charge in [0.25, 0.3) is 0 Å². The van der Waals surface area contributed by atoms with Crippen LogP contribution in [0.4, 0.5) is 11.8 Å². The van der Waals surface area contributed by atoms with Gasteiger partial charge in [-0.25, -0.2) is 9.97 Å². The van der Waals surface area contributed by atoms with Gasteiger partial charge in [-0.3, -0.25) is 0 Å². The number of hydrogen-bond acceptors (Lipinski definition) is 6. The molecule has 0 saturated carbocycles. The summed E-state index contributed by atoms with van der Waals surface area (Å²) in [5, 5.41) is 0. The maximum Gasteiger partial charge on any atom is 0.222 e. The van der Waals surface area contributed by atoms with Gasteiger partial charge in [0.1, 0.15) is 11.6 Å². The first-order valence-corrected chi connectivity index (χ1v) is 9.02. The minimum absolute atomic E-state index is 0.0928. The summed E-state index contributed by atoms with van der Waals surface area (Å²) in [7, 11) is 3.62. The van der Waals surface area contributed by atoms with E-state index >= 15 is 0 Å². The molecule has 1 atom stereocenters. The molecule has 2 heterocycles. The molecule has 4 N–H and O–H groups in total. The maximum atomic E-state index is 6.02. The van der Waals surface area contributed by atoms with E-state index in [0.717, 1.165) is 28.3 Å². The van der Waals surface area contributed by atoms with E-state index in [1.54, 1.807) is 13.4 Å². The van der Waals surface area contributed by atoms with Crippen LogP contribution in [-0.2, 0) is 13.5 Å². The molecule has 0 aliphatic rings. The van der Waals surface area contributed by atoms with Gasteiger partial charge in [-0.2, -0.15) is 4.98 Å². The van der Waals surface area contributed by atoms with Crippen LogP contribution in [0.25, 0.3) is 11.3 Å². The molecular formula is C21H24N6O. The number of nitrogen functional groups attached to an aromatic ring is 2. The standard InChI is InChI=1S/C21H24N6O/c1-5-17-15(20(22)26-21(23)25-17)8-6-13(2)16-10-14(7-9-19(16)28-4)18-11-24-12-27(18)3/h7,9-13H,5H2,1-4H3,(H4,22,23,25,26). The first kappa shape index (κ1) is 19.2. The Labute approximate surface area is 164 Å². The van der Waals surface area contributed by atoms with Crippen LogP contribution in [0.5, 0.6) is 5.75 Å². The molecule has 0 spiro atoms. The van der Waals surface area contributed by atoms with Crippen molar-refractivity contribution in [3.8, 4) is 28.8 Å². The Balaban J connectivity index is 2.01. The fraction of sp³-hybridized carbons (Fsp3) is 0.286. The smallest absolute Gasteiger partial charge is 0.222 e. The SMILES string of the molecule is CCc1nc(N)nc(N)c1C#CC(C)c1cc(-c2cncn2C)ccc1OC. The van der Waals surface area contributed by atoms with Crippen molar-refractivity contribution in [3.05, 3.63) is 47.5 Å². The molecule has 0 saturated heterocycles. The van der Waals surface area contributed by atoms with Gasteiger partial charge < -0.3 is 20.8 Å². The average Bonchev–Trinajstić information content (AvgIpc) is 3.11. The van der Waals surface area contributed by atoms with E-state index in [-0.39, 0.29) is 11.9 Å². The summed E-state index contributed by atoms with van der Waals surface area (Å²) in [6.07, 6.45) is 4.29. The number of imidazole rings is 1. The second-order valence-electron chi connectivity index (χ2n) is 6.48. The van der Waals surface area contributed by atoms with E-state index < -0.39 is 0 Å². The molecule has 144 valence electrons. The number of benzene rings is 1. The highest BCUT2D eigenvalue weighted by molar-refractivity contribution is 5.63. The zero-order chi connectivity index (χ0) is 20.3. The van der Waals surface area contributed by atoms with Crippen molar-refractivity contribution < 1.29 is 4.74 Å². The lowest BCUT2D eigenvalue weighted by Crippen LogP contribution is -2.07. The van der Waals surface area contributed by atoms with Gasteiger partial charge in [0, 0.05) is 24.1 Å². The molecule has 0 aliphatic heterocycles. The highest BCUT2D eigenvalue weighted by Gasteiger charge is 2.14. The van der Waals surface area contributed by atoms with E-state index in [1.165, 1.54) is 0 Å². The van der Waals surface area contributed by atoms with Gasteiger partial charge in [-0.05, 0) is 31.5 Å². The maximum absolute atomic E-state index is 6.02. The third-order valence-electron chi connectivity index (χ3n) is 4.59. The van der Waals surface area contributed by atoms with Gasteiger partial charge in [0.05, 0.1) is 36.6 Å². The quantitative estimate of drug-likeness (QED) is 0.679. The van der Waals surface area contributed by atoms with Crippen molar-refractivity contribution >= 4 is 11.8 Å². The van der Waals surface area contributed by atoms with Crippen LogP contribution in [0.3, 0.4) is 0 Å². The number of hydrogen-bond donors (Lipinski definition) is 2. The Morgan fingerprint density at radius 1 is 1.25 bits per heavy atom. The normalized spacial score (nSPS) is 11.6. The molecule has 7 nitrogen and oxygen atoms in total. The van der Waals surface area contributed by atoms with E-state index in [9.17, 15) is 0 Å². The number of nitrogens with two attached hydrogens (primary N) is 2. The zero-order valence-corrected chi connectivity index (χ0v) is 16.5. The van der Waals surface area contributed by atoms with Crippen LogP contribution < -0.4 is 16.2 Å². The summed E-state index contributed by atoms with van der Waals surface area (Å²) in [4.78, 5) is 12.5. The first-order chi connectivity index (χ1) is 13.4. The lowest BCUT2D eigenvalue weighted by atomic mass is 9.96. The van der Waals surface area contributed by atoms with Gasteiger partial charge >= 0.3 is 0 Å². The predicted molar refractivity (Wildman–Crippen MR) is 111 cm³/mol. The van der Waals surface area contributed by atoms with Crippen molar-refractivity contribution in [3.63, 3.8) is 0 Å². The highest BCUT2D eigenvalue weighted by atomic mass is 16.5. The lowest BCUT2D eigenvalue weighted by Gasteiger charge is -2.13. The van der Waals surface area contributed by atoms with E-state index in [2.05, 4.69) is 32.9 Å². The molecule has 28 heavy (non-hydrogen) atoms. The van der Waals surface area contributed by atoms with Crippen LogP contribution in [-0.4, -0.2) is 26.6 Å². The summed E-state index contributed by atoms with van der Waals surface area (Å²) in [5.74, 6) is 7.57. The van der Waals surface area contributed by atoms with Crippen LogP contribution in [0.1, 0.15) is 36.6 Å². The number of ether oxygens (including phenoxy) is 1. The lowest BCUT2D eigenvalue weighted by molar-refractivity contribution is 0.409. The molecule has 2 aromatic heterocycles. The highest BCUT2D eigenvalue weighted by Crippen LogP contribution is 2.31. The fourth-order valence-corrected chi connectivity index (χ4v) is 3.06. The third kappa shape index (κ3) is 3.76. The summed E-state index contributed by atoms with van der Waals surface area (Å²) < 4.78 is 7.52. The van der Waals surface area contributed by atoms with Crippen LogP contribution >= 0.6 is 0 Å². The van der Waals surface area contributed by atoms with Crippen molar-refractivity contribution in [1.82, 2.24) is 19.5 Å². The third-order valence-corrected chi connectivity index (χ3v) is 4.59. The number of aromatic nitrogens is 4. The van der Waals surface area contributed by atoms with E-state index in [0.29, 0.717) is 17.8 Å². The van der Waals surface area contributed by atoms with Crippen molar-refractivity contribution in [2.24, 2.45) is 7.05 Å². The molecule has 3 rings (SSSR count).